The zero-order chi connectivity index (χ0) is 21.1. The summed E-state index contributed by atoms with van der Waals surface area (Å²) in [5, 5.41) is 2.94. The van der Waals surface area contributed by atoms with Gasteiger partial charge in [0.25, 0.3) is 0 Å². The number of hydrogen-bond acceptors (Lipinski definition) is 4. The molecule has 6 heteroatoms. The van der Waals surface area contributed by atoms with Gasteiger partial charge in [0, 0.05) is 18.0 Å². The van der Waals surface area contributed by atoms with Crippen molar-refractivity contribution in [3.63, 3.8) is 0 Å². The van der Waals surface area contributed by atoms with Gasteiger partial charge < -0.3 is 15.0 Å². The Labute approximate surface area is 177 Å². The van der Waals surface area contributed by atoms with Crippen molar-refractivity contribution in [1.82, 2.24) is 10.2 Å². The first kappa shape index (κ1) is 22.8. The lowest BCUT2D eigenvalue weighted by molar-refractivity contribution is -0.139. The fraction of sp³-hybridized carbons (Fsp3) is 0.391. The van der Waals surface area contributed by atoms with Crippen LogP contribution in [0.25, 0.3) is 0 Å². The van der Waals surface area contributed by atoms with Gasteiger partial charge >= 0.3 is 0 Å². The molecular weight excluding hydrogens is 384 g/mol. The molecule has 5 nitrogen and oxygen atoms in total. The van der Waals surface area contributed by atoms with E-state index in [-0.39, 0.29) is 17.6 Å². The van der Waals surface area contributed by atoms with Gasteiger partial charge in [0.2, 0.25) is 11.8 Å². The molecular formula is C23H30N2O3S. The fourth-order valence-electron chi connectivity index (χ4n) is 3.00. The molecule has 0 aromatic heterocycles. The monoisotopic (exact) mass is 414 g/mol. The molecule has 0 aliphatic rings. The molecule has 1 unspecified atom stereocenters. The highest BCUT2D eigenvalue weighted by molar-refractivity contribution is 8.00. The van der Waals surface area contributed by atoms with Crippen molar-refractivity contribution >= 4 is 23.6 Å². The molecule has 0 fully saturated rings. The van der Waals surface area contributed by atoms with Crippen molar-refractivity contribution in [2.45, 2.75) is 44.2 Å². The molecule has 0 spiro atoms. The molecule has 0 saturated heterocycles. The van der Waals surface area contributed by atoms with E-state index < -0.39 is 6.04 Å². The Hall–Kier alpha value is -2.47. The van der Waals surface area contributed by atoms with E-state index in [1.807, 2.05) is 68.4 Å². The minimum atomic E-state index is -0.503. The summed E-state index contributed by atoms with van der Waals surface area (Å²) >= 11 is 1.48. The fourth-order valence-corrected chi connectivity index (χ4v) is 3.80. The van der Waals surface area contributed by atoms with Gasteiger partial charge in [-0.15, -0.1) is 11.8 Å². The van der Waals surface area contributed by atoms with E-state index in [1.165, 1.54) is 11.8 Å². The van der Waals surface area contributed by atoms with Crippen LogP contribution in [0.3, 0.4) is 0 Å². The summed E-state index contributed by atoms with van der Waals surface area (Å²) in [5.74, 6) is 0.860. The quantitative estimate of drug-likeness (QED) is 0.562. The van der Waals surface area contributed by atoms with Crippen molar-refractivity contribution in [3.05, 3.63) is 60.2 Å². The molecule has 0 aliphatic carbocycles. The molecule has 29 heavy (non-hydrogen) atoms. The van der Waals surface area contributed by atoms with Crippen molar-refractivity contribution in [2.24, 2.45) is 0 Å². The molecule has 0 radical (unpaired) electrons. The number of carbonyl (C=O) groups is 2. The summed E-state index contributed by atoms with van der Waals surface area (Å²) in [4.78, 5) is 28.6. The normalized spacial score (nSPS) is 11.6. The van der Waals surface area contributed by atoms with E-state index in [4.69, 9.17) is 4.74 Å². The summed E-state index contributed by atoms with van der Waals surface area (Å²) in [6.07, 6.45) is 1.41. The number of amides is 2. The third-order valence-corrected chi connectivity index (χ3v) is 5.52. The van der Waals surface area contributed by atoms with E-state index in [0.717, 1.165) is 22.6 Å². The van der Waals surface area contributed by atoms with Crippen LogP contribution in [-0.2, 0) is 16.1 Å². The van der Waals surface area contributed by atoms with E-state index in [9.17, 15) is 9.59 Å². The largest absolute Gasteiger partial charge is 0.497 e. The zero-order valence-corrected chi connectivity index (χ0v) is 18.2. The van der Waals surface area contributed by atoms with Crippen LogP contribution in [0.1, 0.15) is 32.3 Å². The lowest BCUT2D eigenvalue weighted by Gasteiger charge is -2.30. The Morgan fingerprint density at radius 2 is 1.86 bits per heavy atom. The first-order chi connectivity index (χ1) is 14.1. The minimum absolute atomic E-state index is 0.0554. The van der Waals surface area contributed by atoms with Gasteiger partial charge in [-0.25, -0.2) is 0 Å². The van der Waals surface area contributed by atoms with Gasteiger partial charge in [-0.1, -0.05) is 44.2 Å². The molecule has 2 aromatic rings. The van der Waals surface area contributed by atoms with Crippen molar-refractivity contribution in [3.8, 4) is 5.75 Å². The number of hydrogen-bond donors (Lipinski definition) is 1. The zero-order valence-electron chi connectivity index (χ0n) is 17.4. The van der Waals surface area contributed by atoms with Gasteiger partial charge in [-0.05, 0) is 42.7 Å². The molecule has 1 atom stereocenters. The molecule has 2 rings (SSSR count). The predicted molar refractivity (Wildman–Crippen MR) is 118 cm³/mol. The van der Waals surface area contributed by atoms with Crippen molar-refractivity contribution in [2.75, 3.05) is 19.4 Å². The second kappa shape index (κ2) is 12.2. The number of carbonyl (C=O) groups excluding carboxylic acids is 2. The Kier molecular flexibility index (Phi) is 9.57. The molecule has 0 bridgehead atoms. The topological polar surface area (TPSA) is 58.6 Å². The number of methoxy groups -OCH3 is 1. The average Bonchev–Trinajstić information content (AvgIpc) is 2.76. The Morgan fingerprint density at radius 1 is 1.10 bits per heavy atom. The van der Waals surface area contributed by atoms with E-state index in [1.54, 1.807) is 12.0 Å². The number of ether oxygens (including phenoxy) is 1. The molecule has 2 amide bonds. The Balaban J connectivity index is 2.19. The van der Waals surface area contributed by atoms with Crippen LogP contribution < -0.4 is 10.1 Å². The van der Waals surface area contributed by atoms with Gasteiger partial charge in [-0.3, -0.25) is 9.59 Å². The highest BCUT2D eigenvalue weighted by Crippen LogP contribution is 2.21. The standard InChI is InChI=1S/C23H30N2O3S/c1-4-14-24-23(27)21(5-2)25(16-18-10-9-11-19(15-18)28-3)22(26)17-29-20-12-7-6-8-13-20/h6-13,15,21H,4-5,14,16-17H2,1-3H3,(H,24,27). The number of rotatable bonds is 11. The maximum Gasteiger partial charge on any atom is 0.242 e. The maximum absolute atomic E-state index is 13.1. The lowest BCUT2D eigenvalue weighted by Crippen LogP contribution is -2.49. The maximum atomic E-state index is 13.1. The van der Waals surface area contributed by atoms with Crippen LogP contribution in [-0.4, -0.2) is 42.2 Å². The number of nitrogens with zero attached hydrogens (tertiary/aromatic N) is 1. The van der Waals surface area contributed by atoms with E-state index >= 15 is 0 Å². The van der Waals surface area contributed by atoms with Crippen molar-refractivity contribution < 1.29 is 14.3 Å². The SMILES string of the molecule is CCCNC(=O)C(CC)N(Cc1cccc(OC)c1)C(=O)CSc1ccccc1. The molecule has 0 aliphatic heterocycles. The van der Waals surface area contributed by atoms with Crippen LogP contribution in [0.2, 0.25) is 0 Å². The smallest absolute Gasteiger partial charge is 0.242 e. The number of thioether (sulfide) groups is 1. The number of benzene rings is 2. The first-order valence-corrected chi connectivity index (χ1v) is 11.0. The molecule has 1 N–H and O–H groups in total. The molecule has 0 heterocycles. The van der Waals surface area contributed by atoms with Gasteiger partial charge in [0.15, 0.2) is 0 Å². The Morgan fingerprint density at radius 3 is 2.52 bits per heavy atom. The van der Waals surface area contributed by atoms with E-state index in [0.29, 0.717) is 19.5 Å². The highest BCUT2D eigenvalue weighted by atomic mass is 32.2. The van der Waals surface area contributed by atoms with Crippen LogP contribution in [0, 0.1) is 0 Å². The summed E-state index contributed by atoms with van der Waals surface area (Å²) in [6, 6.07) is 16.9. The minimum Gasteiger partial charge on any atom is -0.497 e. The summed E-state index contributed by atoms with van der Waals surface area (Å²) in [5.41, 5.74) is 0.934. The van der Waals surface area contributed by atoms with E-state index in [2.05, 4.69) is 5.32 Å². The van der Waals surface area contributed by atoms with Gasteiger partial charge in [0.1, 0.15) is 11.8 Å². The number of nitrogens with one attached hydrogen (secondary N) is 1. The van der Waals surface area contributed by atoms with Crippen LogP contribution in [0.15, 0.2) is 59.5 Å². The second-order valence-corrected chi connectivity index (χ2v) is 7.74. The predicted octanol–water partition coefficient (Wildman–Crippen LogP) is 4.12. The summed E-state index contributed by atoms with van der Waals surface area (Å²) in [7, 11) is 1.62. The lowest BCUT2D eigenvalue weighted by atomic mass is 10.1. The second-order valence-electron chi connectivity index (χ2n) is 6.69. The summed E-state index contributed by atoms with van der Waals surface area (Å²) < 4.78 is 5.30. The van der Waals surface area contributed by atoms with Gasteiger partial charge in [0.05, 0.1) is 12.9 Å². The summed E-state index contributed by atoms with van der Waals surface area (Å²) in [6.45, 7) is 4.92. The highest BCUT2D eigenvalue weighted by Gasteiger charge is 2.28. The average molecular weight is 415 g/mol. The molecule has 2 aromatic carbocycles. The van der Waals surface area contributed by atoms with Gasteiger partial charge in [-0.2, -0.15) is 0 Å². The molecule has 0 saturated carbocycles. The van der Waals surface area contributed by atoms with Crippen LogP contribution in [0.4, 0.5) is 0 Å². The van der Waals surface area contributed by atoms with Crippen LogP contribution >= 0.6 is 11.8 Å². The third-order valence-electron chi connectivity index (χ3n) is 4.53. The molecule has 156 valence electrons. The third kappa shape index (κ3) is 7.13. The Bertz CT molecular complexity index is 783. The first-order valence-electron chi connectivity index (χ1n) is 9.97. The van der Waals surface area contributed by atoms with Crippen LogP contribution in [0.5, 0.6) is 5.75 Å². The van der Waals surface area contributed by atoms with Crippen molar-refractivity contribution in [1.29, 1.82) is 0 Å².